The average Bonchev–Trinajstić information content (AvgIpc) is 3.41. The lowest BCUT2D eigenvalue weighted by molar-refractivity contribution is -0.386. The Kier molecular flexibility index (Phi) is 5.30. The molecule has 10 heteroatoms. The molecule has 0 aromatic heterocycles. The molecule has 5 atom stereocenters. The summed E-state index contributed by atoms with van der Waals surface area (Å²) in [5, 5.41) is 16.4. The number of ether oxygens (including phenoxy) is 2. The van der Waals surface area contributed by atoms with E-state index in [2.05, 4.69) is 5.10 Å². The van der Waals surface area contributed by atoms with Crippen LogP contribution in [0, 0.1) is 33.8 Å². The Hall–Kier alpha value is -3.56. The molecule has 2 aliphatic carbocycles. The van der Waals surface area contributed by atoms with Gasteiger partial charge in [0.2, 0.25) is 5.75 Å². The van der Waals surface area contributed by atoms with Crippen molar-refractivity contribution in [1.82, 2.24) is 5.01 Å². The first-order chi connectivity index (χ1) is 14.8. The van der Waals surface area contributed by atoms with Gasteiger partial charge in [0.25, 0.3) is 11.8 Å². The van der Waals surface area contributed by atoms with Crippen molar-refractivity contribution in [2.75, 3.05) is 6.61 Å². The molecule has 162 valence electrons. The largest absolute Gasteiger partial charge is 0.471 e. The number of nitro benzene ring substituents is 1. The zero-order valence-corrected chi connectivity index (χ0v) is 17.0. The van der Waals surface area contributed by atoms with Gasteiger partial charge in [0.15, 0.2) is 6.10 Å². The Labute approximate surface area is 177 Å². The Morgan fingerprint density at radius 2 is 1.94 bits per heavy atom. The first kappa shape index (κ1) is 20.7. The first-order valence-corrected chi connectivity index (χ1v) is 10.0. The number of rotatable bonds is 7. The van der Waals surface area contributed by atoms with Crippen LogP contribution in [0.25, 0.3) is 0 Å². The van der Waals surface area contributed by atoms with E-state index < -0.39 is 28.8 Å². The molecule has 10 nitrogen and oxygen atoms in total. The molecule has 2 bridgehead atoms. The maximum atomic E-state index is 12.8. The van der Waals surface area contributed by atoms with Gasteiger partial charge in [-0.05, 0) is 38.2 Å². The number of amides is 2. The summed E-state index contributed by atoms with van der Waals surface area (Å²) in [6, 6.07) is 4.14. The number of hydrogen-bond acceptors (Lipinski definition) is 8. The van der Waals surface area contributed by atoms with E-state index in [1.54, 1.807) is 6.92 Å². The van der Waals surface area contributed by atoms with E-state index in [1.807, 2.05) is 12.2 Å². The summed E-state index contributed by atoms with van der Waals surface area (Å²) in [4.78, 5) is 48.3. The van der Waals surface area contributed by atoms with E-state index in [9.17, 15) is 24.5 Å². The van der Waals surface area contributed by atoms with Gasteiger partial charge in [0.05, 0.1) is 29.6 Å². The number of fused-ring (bicyclic) bond motifs is 5. The third-order valence-electron chi connectivity index (χ3n) is 5.89. The number of allylic oxidation sites excluding steroid dienone is 2. The van der Waals surface area contributed by atoms with Crippen LogP contribution in [-0.2, 0) is 19.1 Å². The topological polar surface area (TPSA) is 128 Å². The number of hydrogen-bond donors (Lipinski definition) is 0. The molecule has 0 radical (unpaired) electrons. The predicted molar refractivity (Wildman–Crippen MR) is 107 cm³/mol. The highest BCUT2D eigenvalue weighted by Crippen LogP contribution is 2.52. The molecule has 2 amide bonds. The lowest BCUT2D eigenvalue weighted by atomic mass is 9.85. The fraction of sp³-hybridized carbons (Fsp3) is 0.429. The fourth-order valence-electron chi connectivity index (χ4n) is 4.52. The van der Waals surface area contributed by atoms with Crippen molar-refractivity contribution in [3.05, 3.63) is 46.0 Å². The van der Waals surface area contributed by atoms with E-state index in [4.69, 9.17) is 9.47 Å². The predicted octanol–water partition coefficient (Wildman–Crippen LogP) is 2.07. The summed E-state index contributed by atoms with van der Waals surface area (Å²) in [6.45, 7) is 3.18. The summed E-state index contributed by atoms with van der Waals surface area (Å²) in [5.74, 6) is -2.30. The van der Waals surface area contributed by atoms with Crippen molar-refractivity contribution in [2.24, 2.45) is 28.8 Å². The molecule has 1 saturated heterocycles. The third-order valence-corrected chi connectivity index (χ3v) is 5.89. The SMILES string of the molecule is CCOC(=O)[C@@H](C)Oc1c(C=NN2C(=O)[C@@H]3[C@H](C2=O)[C@H]2C=C[C@H]3C2)cccc1[N+](=O)[O-]. The minimum atomic E-state index is -1.11. The van der Waals surface area contributed by atoms with Gasteiger partial charge in [0.1, 0.15) is 0 Å². The number of esters is 1. The molecule has 0 unspecified atom stereocenters. The highest BCUT2D eigenvalue weighted by atomic mass is 16.6. The van der Waals surface area contributed by atoms with Crippen molar-refractivity contribution in [3.63, 3.8) is 0 Å². The number of imide groups is 1. The van der Waals surface area contributed by atoms with Crippen LogP contribution < -0.4 is 4.74 Å². The molecule has 1 aromatic carbocycles. The molecule has 1 aromatic rings. The number of hydrazone groups is 1. The molecule has 1 aliphatic heterocycles. The van der Waals surface area contributed by atoms with Gasteiger partial charge in [-0.1, -0.05) is 18.2 Å². The van der Waals surface area contributed by atoms with Gasteiger partial charge in [-0.2, -0.15) is 10.1 Å². The van der Waals surface area contributed by atoms with E-state index >= 15 is 0 Å². The van der Waals surface area contributed by atoms with Crippen molar-refractivity contribution in [2.45, 2.75) is 26.4 Å². The Morgan fingerprint density at radius 1 is 1.29 bits per heavy atom. The monoisotopic (exact) mass is 427 g/mol. The van der Waals surface area contributed by atoms with Crippen LogP contribution in [0.2, 0.25) is 0 Å². The van der Waals surface area contributed by atoms with E-state index in [0.29, 0.717) is 0 Å². The summed E-state index contributed by atoms with van der Waals surface area (Å²) in [7, 11) is 0. The number of nitro groups is 1. The quantitative estimate of drug-likeness (QED) is 0.163. The maximum Gasteiger partial charge on any atom is 0.347 e. The lowest BCUT2D eigenvalue weighted by Gasteiger charge is -2.15. The van der Waals surface area contributed by atoms with Crippen molar-refractivity contribution >= 4 is 29.7 Å². The normalized spacial score (nSPS) is 27.1. The van der Waals surface area contributed by atoms with Gasteiger partial charge >= 0.3 is 11.7 Å². The Bertz CT molecular complexity index is 988. The van der Waals surface area contributed by atoms with Gasteiger partial charge < -0.3 is 9.47 Å². The number of para-hydroxylation sites is 1. The molecule has 1 heterocycles. The van der Waals surface area contributed by atoms with Crippen LogP contribution in [-0.4, -0.2) is 46.6 Å². The standard InChI is InChI=1S/C21H21N3O7/c1-3-30-21(27)11(2)31-18-14(5-4-6-15(18)24(28)29)10-22-23-19(25)16-12-7-8-13(9-12)17(16)20(23)26/h4-8,10-13,16-17H,3,9H2,1-2H3/t11-,12+,13+,16-,17+/m1/s1. The summed E-state index contributed by atoms with van der Waals surface area (Å²) in [6.07, 6.45) is 4.83. The van der Waals surface area contributed by atoms with E-state index in [-0.39, 0.29) is 47.3 Å². The van der Waals surface area contributed by atoms with Crippen LogP contribution in [0.3, 0.4) is 0 Å². The van der Waals surface area contributed by atoms with Crippen LogP contribution in [0.1, 0.15) is 25.8 Å². The van der Waals surface area contributed by atoms with E-state index in [0.717, 1.165) is 11.4 Å². The molecule has 31 heavy (non-hydrogen) atoms. The molecule has 0 spiro atoms. The zero-order chi connectivity index (χ0) is 22.3. The Morgan fingerprint density at radius 3 is 2.52 bits per heavy atom. The van der Waals surface area contributed by atoms with Crippen molar-refractivity contribution in [3.8, 4) is 5.75 Å². The van der Waals surface area contributed by atoms with Gasteiger partial charge in [-0.15, -0.1) is 0 Å². The number of benzene rings is 1. The maximum absolute atomic E-state index is 12.8. The Balaban J connectivity index is 1.61. The number of carbonyl (C=O) groups is 3. The zero-order valence-electron chi connectivity index (χ0n) is 17.0. The van der Waals surface area contributed by atoms with Gasteiger partial charge in [-0.25, -0.2) is 4.79 Å². The fourth-order valence-corrected chi connectivity index (χ4v) is 4.52. The molecular weight excluding hydrogens is 406 g/mol. The first-order valence-electron chi connectivity index (χ1n) is 10.0. The van der Waals surface area contributed by atoms with E-state index in [1.165, 1.54) is 31.3 Å². The highest BCUT2D eigenvalue weighted by molar-refractivity contribution is 6.07. The molecule has 1 saturated carbocycles. The van der Waals surface area contributed by atoms with Crippen molar-refractivity contribution < 1.29 is 28.8 Å². The average molecular weight is 427 g/mol. The second-order valence-electron chi connectivity index (χ2n) is 7.70. The minimum absolute atomic E-state index is 0.0498. The minimum Gasteiger partial charge on any atom is -0.471 e. The summed E-state index contributed by atoms with van der Waals surface area (Å²) in [5.41, 5.74) is -0.220. The van der Waals surface area contributed by atoms with Crippen LogP contribution in [0.4, 0.5) is 5.69 Å². The molecular formula is C21H21N3O7. The molecule has 0 N–H and O–H groups in total. The number of nitrogens with zero attached hydrogens (tertiary/aromatic N) is 3. The summed E-state index contributed by atoms with van der Waals surface area (Å²) >= 11 is 0. The molecule has 3 aliphatic rings. The second kappa shape index (κ2) is 7.93. The third kappa shape index (κ3) is 3.47. The summed E-state index contributed by atoms with van der Waals surface area (Å²) < 4.78 is 10.4. The molecule has 4 rings (SSSR count). The smallest absolute Gasteiger partial charge is 0.347 e. The van der Waals surface area contributed by atoms with Gasteiger partial charge in [-0.3, -0.25) is 19.7 Å². The van der Waals surface area contributed by atoms with Crippen LogP contribution >= 0.6 is 0 Å². The lowest BCUT2D eigenvalue weighted by Crippen LogP contribution is -2.28. The van der Waals surface area contributed by atoms with Crippen LogP contribution in [0.5, 0.6) is 5.75 Å². The van der Waals surface area contributed by atoms with Gasteiger partial charge in [0, 0.05) is 11.6 Å². The number of carbonyl (C=O) groups excluding carboxylic acids is 3. The van der Waals surface area contributed by atoms with Crippen molar-refractivity contribution in [1.29, 1.82) is 0 Å². The highest BCUT2D eigenvalue weighted by Gasteiger charge is 2.59. The second-order valence-corrected chi connectivity index (χ2v) is 7.70. The molecule has 2 fully saturated rings. The van der Waals surface area contributed by atoms with Crippen LogP contribution in [0.15, 0.2) is 35.5 Å².